The number of aromatic nitrogens is 1. The smallest absolute Gasteiger partial charge is 0.210 e. The molecule has 4 nitrogen and oxygen atoms in total. The van der Waals surface area contributed by atoms with Crippen LogP contribution in [-0.4, -0.2) is 16.4 Å². The third-order valence-corrected chi connectivity index (χ3v) is 5.65. The lowest BCUT2D eigenvalue weighted by atomic mass is 9.92. The Labute approximate surface area is 191 Å². The summed E-state index contributed by atoms with van der Waals surface area (Å²) in [4.78, 5) is 17.7. The summed E-state index contributed by atoms with van der Waals surface area (Å²) in [5, 5.41) is 1.09. The Morgan fingerprint density at radius 3 is 2.33 bits per heavy atom. The summed E-state index contributed by atoms with van der Waals surface area (Å²) in [5.41, 5.74) is 2.64. The minimum atomic E-state index is -0.990. The molecule has 0 bridgehead atoms. The number of halogens is 1. The number of Topliss-reactive ketones (excluding diaryl/α,β-unsaturated/α-hetero) is 1. The number of ether oxygens (including phenoxy) is 2. The standard InChI is InChI=1S/C28H22FNO3/c1-28(2)27(31)25(26(33-28)20-7-12-21(29)13-8-20)19-10-15-23(16-11-19)32-17-22-14-9-18-5-3-4-6-24(18)30-22/h3-16H,17H2,1-2H3. The molecule has 2 heterocycles. The molecular weight excluding hydrogens is 417 g/mol. The van der Waals surface area contributed by atoms with Crippen molar-refractivity contribution in [1.82, 2.24) is 4.98 Å². The highest BCUT2D eigenvalue weighted by molar-refractivity contribution is 6.32. The van der Waals surface area contributed by atoms with E-state index in [9.17, 15) is 9.18 Å². The van der Waals surface area contributed by atoms with E-state index in [1.54, 1.807) is 26.0 Å². The Morgan fingerprint density at radius 1 is 0.879 bits per heavy atom. The van der Waals surface area contributed by atoms with E-state index < -0.39 is 5.60 Å². The van der Waals surface area contributed by atoms with Crippen molar-refractivity contribution in [2.45, 2.75) is 26.1 Å². The second-order valence-corrected chi connectivity index (χ2v) is 8.46. The van der Waals surface area contributed by atoms with Gasteiger partial charge < -0.3 is 9.47 Å². The number of carbonyl (C=O) groups excluding carboxylic acids is 1. The van der Waals surface area contributed by atoms with Crippen LogP contribution < -0.4 is 4.74 Å². The molecule has 0 saturated heterocycles. The van der Waals surface area contributed by atoms with Gasteiger partial charge in [0.1, 0.15) is 23.9 Å². The third kappa shape index (κ3) is 4.10. The monoisotopic (exact) mass is 439 g/mol. The summed E-state index contributed by atoms with van der Waals surface area (Å²) < 4.78 is 25.3. The zero-order valence-corrected chi connectivity index (χ0v) is 18.3. The average Bonchev–Trinajstić information content (AvgIpc) is 3.07. The van der Waals surface area contributed by atoms with E-state index in [-0.39, 0.29) is 11.6 Å². The maximum Gasteiger partial charge on any atom is 0.210 e. The van der Waals surface area contributed by atoms with Crippen LogP contribution in [-0.2, 0) is 16.1 Å². The highest BCUT2D eigenvalue weighted by atomic mass is 19.1. The first-order valence-electron chi connectivity index (χ1n) is 10.7. The van der Waals surface area contributed by atoms with E-state index in [0.717, 1.165) is 22.2 Å². The number of carbonyl (C=O) groups is 1. The molecule has 0 aliphatic carbocycles. The predicted molar refractivity (Wildman–Crippen MR) is 126 cm³/mol. The number of rotatable bonds is 5. The summed E-state index contributed by atoms with van der Waals surface area (Å²) in [7, 11) is 0. The van der Waals surface area contributed by atoms with Crippen LogP contribution in [0, 0.1) is 5.82 Å². The number of pyridine rings is 1. The summed E-state index contributed by atoms with van der Waals surface area (Å²) in [6.45, 7) is 3.81. The van der Waals surface area contributed by atoms with Gasteiger partial charge >= 0.3 is 0 Å². The SMILES string of the molecule is CC1(C)OC(c2ccc(F)cc2)=C(c2ccc(OCc3ccc4ccccc4n3)cc2)C1=O. The van der Waals surface area contributed by atoms with E-state index in [4.69, 9.17) is 9.47 Å². The highest BCUT2D eigenvalue weighted by Gasteiger charge is 2.42. The molecule has 164 valence electrons. The first-order chi connectivity index (χ1) is 15.9. The van der Waals surface area contributed by atoms with Crippen LogP contribution in [0.2, 0.25) is 0 Å². The van der Waals surface area contributed by atoms with Gasteiger partial charge in [0.25, 0.3) is 0 Å². The first kappa shape index (κ1) is 20.9. The Hall–Kier alpha value is -3.99. The zero-order valence-electron chi connectivity index (χ0n) is 18.3. The van der Waals surface area contributed by atoms with Crippen LogP contribution in [0.1, 0.15) is 30.7 Å². The van der Waals surface area contributed by atoms with Crippen LogP contribution in [0.3, 0.4) is 0 Å². The van der Waals surface area contributed by atoms with Gasteiger partial charge in [-0.2, -0.15) is 0 Å². The number of hydrogen-bond donors (Lipinski definition) is 0. The molecule has 33 heavy (non-hydrogen) atoms. The molecule has 0 saturated carbocycles. The Bertz CT molecular complexity index is 1370. The van der Waals surface area contributed by atoms with Crippen molar-refractivity contribution >= 4 is 28.0 Å². The van der Waals surface area contributed by atoms with Gasteiger partial charge in [0.2, 0.25) is 5.78 Å². The number of fused-ring (bicyclic) bond motifs is 1. The first-order valence-corrected chi connectivity index (χ1v) is 10.7. The van der Waals surface area contributed by atoms with Gasteiger partial charge in [0, 0.05) is 10.9 Å². The molecule has 0 atom stereocenters. The van der Waals surface area contributed by atoms with Crippen LogP contribution >= 0.6 is 0 Å². The van der Waals surface area contributed by atoms with Gasteiger partial charge in [-0.25, -0.2) is 9.37 Å². The fraction of sp³-hybridized carbons (Fsp3) is 0.143. The van der Waals surface area contributed by atoms with Gasteiger partial charge in [0.05, 0.1) is 16.8 Å². The van der Waals surface area contributed by atoms with Crippen molar-refractivity contribution in [2.24, 2.45) is 0 Å². The number of hydrogen-bond acceptors (Lipinski definition) is 4. The van der Waals surface area contributed by atoms with Gasteiger partial charge in [-0.3, -0.25) is 4.79 Å². The fourth-order valence-electron chi connectivity index (χ4n) is 3.89. The zero-order chi connectivity index (χ0) is 23.0. The lowest BCUT2D eigenvalue weighted by Crippen LogP contribution is -2.29. The summed E-state index contributed by atoms with van der Waals surface area (Å²) in [5.74, 6) is 0.671. The van der Waals surface area contributed by atoms with Gasteiger partial charge in [-0.05, 0) is 67.9 Å². The number of ketones is 1. The second-order valence-electron chi connectivity index (χ2n) is 8.46. The van der Waals surface area contributed by atoms with Crippen LogP contribution in [0.25, 0.3) is 22.2 Å². The summed E-state index contributed by atoms with van der Waals surface area (Å²) in [6.07, 6.45) is 0. The van der Waals surface area contributed by atoms with Crippen LogP contribution in [0.5, 0.6) is 5.75 Å². The van der Waals surface area contributed by atoms with E-state index in [1.807, 2.05) is 60.7 Å². The van der Waals surface area contributed by atoms with Crippen molar-refractivity contribution in [3.05, 3.63) is 108 Å². The van der Waals surface area contributed by atoms with Crippen LogP contribution in [0.4, 0.5) is 4.39 Å². The Kier molecular flexibility index (Phi) is 5.17. The maximum absolute atomic E-state index is 13.4. The largest absolute Gasteiger partial charge is 0.487 e. The summed E-state index contributed by atoms with van der Waals surface area (Å²) >= 11 is 0. The fourth-order valence-corrected chi connectivity index (χ4v) is 3.89. The van der Waals surface area contributed by atoms with E-state index >= 15 is 0 Å². The molecule has 0 N–H and O–H groups in total. The van der Waals surface area contributed by atoms with Crippen molar-refractivity contribution < 1.29 is 18.7 Å². The molecule has 1 aliphatic heterocycles. The normalized spacial score (nSPS) is 15.1. The topological polar surface area (TPSA) is 48.4 Å². The van der Waals surface area contributed by atoms with E-state index in [0.29, 0.717) is 29.3 Å². The molecule has 5 rings (SSSR count). The average molecular weight is 439 g/mol. The molecule has 4 aromatic rings. The molecule has 0 spiro atoms. The van der Waals surface area contributed by atoms with E-state index in [1.165, 1.54) is 12.1 Å². The Balaban J connectivity index is 1.39. The van der Waals surface area contributed by atoms with Gasteiger partial charge in [-0.1, -0.05) is 36.4 Å². The molecule has 3 aromatic carbocycles. The Morgan fingerprint density at radius 2 is 1.58 bits per heavy atom. The number of benzene rings is 3. The van der Waals surface area contributed by atoms with Gasteiger partial charge in [-0.15, -0.1) is 0 Å². The van der Waals surface area contributed by atoms with Crippen molar-refractivity contribution in [2.75, 3.05) is 0 Å². The second kappa shape index (κ2) is 8.17. The maximum atomic E-state index is 13.4. The minimum Gasteiger partial charge on any atom is -0.487 e. The predicted octanol–water partition coefficient (Wildman–Crippen LogP) is 6.20. The van der Waals surface area contributed by atoms with Crippen LogP contribution in [0.15, 0.2) is 84.9 Å². The molecular formula is C28H22FNO3. The molecule has 0 radical (unpaired) electrons. The van der Waals surface area contributed by atoms with Gasteiger partial charge in [0.15, 0.2) is 5.60 Å². The molecule has 5 heteroatoms. The quantitative estimate of drug-likeness (QED) is 0.372. The third-order valence-electron chi connectivity index (χ3n) is 5.65. The molecule has 1 aliphatic rings. The minimum absolute atomic E-state index is 0.115. The molecule has 0 amide bonds. The van der Waals surface area contributed by atoms with E-state index in [2.05, 4.69) is 4.98 Å². The van der Waals surface area contributed by atoms with Crippen molar-refractivity contribution in [3.63, 3.8) is 0 Å². The number of para-hydroxylation sites is 1. The number of nitrogens with zero attached hydrogens (tertiary/aromatic N) is 1. The molecule has 1 aromatic heterocycles. The van der Waals surface area contributed by atoms with Crippen molar-refractivity contribution in [3.8, 4) is 5.75 Å². The molecule has 0 unspecified atom stereocenters. The van der Waals surface area contributed by atoms with Crippen molar-refractivity contribution in [1.29, 1.82) is 0 Å². The lowest BCUT2D eigenvalue weighted by molar-refractivity contribution is -0.125. The summed E-state index contributed by atoms with van der Waals surface area (Å²) in [6, 6.07) is 25.2. The lowest BCUT2D eigenvalue weighted by Gasteiger charge is -2.17. The highest BCUT2D eigenvalue weighted by Crippen LogP contribution is 2.41. The molecule has 0 fully saturated rings.